The van der Waals surface area contributed by atoms with Crippen LogP contribution >= 0.6 is 12.4 Å². The van der Waals surface area contributed by atoms with Crippen LogP contribution in [-0.4, -0.2) is 27.1 Å². The van der Waals surface area contributed by atoms with Crippen LogP contribution in [0, 0.1) is 0 Å². The topological polar surface area (TPSA) is 81.4 Å². The minimum atomic E-state index is -3.52. The van der Waals surface area contributed by atoms with E-state index in [9.17, 15) is 8.42 Å². The number of nitrogens with two attached hydrogens (primary N) is 1. The van der Waals surface area contributed by atoms with E-state index in [1.807, 2.05) is 0 Å². The Hall–Kier alpha value is -0.820. The van der Waals surface area contributed by atoms with E-state index in [-0.39, 0.29) is 12.4 Å². The third kappa shape index (κ3) is 3.18. The van der Waals surface area contributed by atoms with Crippen molar-refractivity contribution in [2.45, 2.75) is 42.5 Å². The van der Waals surface area contributed by atoms with Crippen molar-refractivity contribution in [2.24, 2.45) is 5.73 Å². The Kier molecular flexibility index (Phi) is 4.82. The molecule has 1 fully saturated rings. The zero-order valence-electron chi connectivity index (χ0n) is 11.8. The molecule has 0 radical (unpaired) electrons. The van der Waals surface area contributed by atoms with Crippen molar-refractivity contribution >= 4 is 22.4 Å². The van der Waals surface area contributed by atoms with Gasteiger partial charge in [0.25, 0.3) is 0 Å². The molecule has 0 unspecified atom stereocenters. The van der Waals surface area contributed by atoms with Gasteiger partial charge in [-0.15, -0.1) is 12.4 Å². The minimum Gasteiger partial charge on any atom is -0.493 e. The molecule has 1 aromatic carbocycles. The summed E-state index contributed by atoms with van der Waals surface area (Å²) < 4.78 is 33.3. The molecule has 1 aliphatic carbocycles. The van der Waals surface area contributed by atoms with Gasteiger partial charge in [0, 0.05) is 18.5 Å². The van der Waals surface area contributed by atoms with Gasteiger partial charge in [-0.2, -0.15) is 0 Å². The highest BCUT2D eigenvalue weighted by molar-refractivity contribution is 7.89. The summed E-state index contributed by atoms with van der Waals surface area (Å²) in [5.74, 6) is 0.790. The smallest absolute Gasteiger partial charge is 0.241 e. The van der Waals surface area contributed by atoms with Crippen LogP contribution in [-0.2, 0) is 16.4 Å². The number of sulfonamides is 1. The average Bonchev–Trinajstić information content (AvgIpc) is 3.06. The van der Waals surface area contributed by atoms with Gasteiger partial charge in [0.15, 0.2) is 0 Å². The third-order valence-electron chi connectivity index (χ3n) is 4.27. The van der Waals surface area contributed by atoms with Crippen LogP contribution in [0.4, 0.5) is 0 Å². The molecular weight excluding hydrogens is 312 g/mol. The van der Waals surface area contributed by atoms with Gasteiger partial charge in [-0.25, -0.2) is 13.1 Å². The van der Waals surface area contributed by atoms with Crippen molar-refractivity contribution in [3.63, 3.8) is 0 Å². The Labute approximate surface area is 131 Å². The Morgan fingerprint density at radius 1 is 1.29 bits per heavy atom. The summed E-state index contributed by atoms with van der Waals surface area (Å²) in [6.07, 6.45) is 4.45. The lowest BCUT2D eigenvalue weighted by Crippen LogP contribution is -2.51. The summed E-state index contributed by atoms with van der Waals surface area (Å²) in [4.78, 5) is 0.307. The van der Waals surface area contributed by atoms with Crippen molar-refractivity contribution in [3.05, 3.63) is 23.8 Å². The van der Waals surface area contributed by atoms with Crippen molar-refractivity contribution in [1.82, 2.24) is 4.72 Å². The highest BCUT2D eigenvalue weighted by atomic mass is 35.5. The fourth-order valence-corrected chi connectivity index (χ4v) is 4.59. The van der Waals surface area contributed by atoms with Crippen LogP contribution in [0.3, 0.4) is 0 Å². The summed E-state index contributed by atoms with van der Waals surface area (Å²) in [6, 6.07) is 5.05. The van der Waals surface area contributed by atoms with E-state index >= 15 is 0 Å². The first kappa shape index (κ1) is 16.5. The number of ether oxygens (including phenoxy) is 1. The lowest BCUT2D eigenvalue weighted by Gasteiger charge is -2.28. The number of benzene rings is 1. The maximum Gasteiger partial charge on any atom is 0.241 e. The molecule has 0 spiro atoms. The van der Waals surface area contributed by atoms with Crippen LogP contribution in [0.5, 0.6) is 5.75 Å². The number of nitrogens with one attached hydrogen (secondary N) is 1. The molecule has 5 nitrogen and oxygen atoms in total. The summed E-state index contributed by atoms with van der Waals surface area (Å²) >= 11 is 0. The molecule has 1 saturated carbocycles. The van der Waals surface area contributed by atoms with Crippen LogP contribution < -0.4 is 15.2 Å². The Morgan fingerprint density at radius 2 is 2.00 bits per heavy atom. The first-order valence-corrected chi connectivity index (χ1v) is 8.53. The third-order valence-corrected chi connectivity index (χ3v) is 5.85. The van der Waals surface area contributed by atoms with E-state index in [1.54, 1.807) is 18.2 Å². The fourth-order valence-electron chi connectivity index (χ4n) is 3.07. The molecule has 0 atom stereocenters. The van der Waals surface area contributed by atoms with Gasteiger partial charge in [0.05, 0.1) is 11.5 Å². The van der Waals surface area contributed by atoms with Crippen molar-refractivity contribution in [1.29, 1.82) is 0 Å². The second kappa shape index (κ2) is 6.12. The SMILES string of the molecule is Cl.NCC1(NS(=O)(=O)c2ccc3c(c2)CCO3)CCCC1. The normalized spacial score (nSPS) is 19.7. The van der Waals surface area contributed by atoms with Crippen LogP contribution in [0.2, 0.25) is 0 Å². The van der Waals surface area contributed by atoms with Gasteiger partial charge in [-0.1, -0.05) is 12.8 Å². The van der Waals surface area contributed by atoms with Gasteiger partial charge in [-0.3, -0.25) is 0 Å². The fraction of sp³-hybridized carbons (Fsp3) is 0.571. The number of hydrogen-bond donors (Lipinski definition) is 2. The summed E-state index contributed by atoms with van der Waals surface area (Å²) in [7, 11) is -3.52. The molecule has 3 rings (SSSR count). The molecule has 0 aromatic heterocycles. The minimum absolute atomic E-state index is 0. The van der Waals surface area contributed by atoms with Gasteiger partial charge in [0.2, 0.25) is 10.0 Å². The first-order valence-electron chi connectivity index (χ1n) is 7.04. The van der Waals surface area contributed by atoms with Crippen LogP contribution in [0.15, 0.2) is 23.1 Å². The van der Waals surface area contributed by atoms with Crippen LogP contribution in [0.1, 0.15) is 31.2 Å². The van der Waals surface area contributed by atoms with E-state index in [4.69, 9.17) is 10.5 Å². The number of rotatable bonds is 4. The molecule has 21 heavy (non-hydrogen) atoms. The Bertz CT molecular complexity index is 613. The van der Waals surface area contributed by atoms with Gasteiger partial charge in [-0.05, 0) is 36.6 Å². The maximum absolute atomic E-state index is 12.5. The van der Waals surface area contributed by atoms with E-state index in [2.05, 4.69) is 4.72 Å². The second-order valence-electron chi connectivity index (χ2n) is 5.67. The molecule has 1 aliphatic heterocycles. The number of hydrogen-bond acceptors (Lipinski definition) is 4. The molecule has 7 heteroatoms. The maximum atomic E-state index is 12.5. The molecule has 1 heterocycles. The predicted molar refractivity (Wildman–Crippen MR) is 83.5 cm³/mol. The molecule has 0 amide bonds. The molecule has 3 N–H and O–H groups in total. The highest BCUT2D eigenvalue weighted by Crippen LogP contribution is 2.32. The predicted octanol–water partition coefficient (Wildman–Crippen LogP) is 1.59. The Morgan fingerprint density at radius 3 is 2.67 bits per heavy atom. The van der Waals surface area contributed by atoms with E-state index in [1.165, 1.54) is 0 Å². The Balaban J connectivity index is 0.00000161. The monoisotopic (exact) mass is 332 g/mol. The molecule has 2 aliphatic rings. The van der Waals surface area contributed by atoms with Crippen molar-refractivity contribution < 1.29 is 13.2 Å². The molecule has 118 valence electrons. The summed E-state index contributed by atoms with van der Waals surface area (Å²) in [5, 5.41) is 0. The van der Waals surface area contributed by atoms with E-state index in [0.717, 1.165) is 43.4 Å². The van der Waals surface area contributed by atoms with Gasteiger partial charge >= 0.3 is 0 Å². The largest absolute Gasteiger partial charge is 0.493 e. The molecule has 0 bridgehead atoms. The van der Waals surface area contributed by atoms with Gasteiger partial charge < -0.3 is 10.5 Å². The zero-order valence-corrected chi connectivity index (χ0v) is 13.4. The van der Waals surface area contributed by atoms with E-state index < -0.39 is 15.6 Å². The molecular formula is C14H21ClN2O3S. The lowest BCUT2D eigenvalue weighted by atomic mass is 10.0. The quantitative estimate of drug-likeness (QED) is 0.877. The molecule has 1 aromatic rings. The molecule has 0 saturated heterocycles. The average molecular weight is 333 g/mol. The zero-order chi connectivity index (χ0) is 14.2. The van der Waals surface area contributed by atoms with Crippen LogP contribution in [0.25, 0.3) is 0 Å². The second-order valence-corrected chi connectivity index (χ2v) is 7.35. The van der Waals surface area contributed by atoms with Crippen molar-refractivity contribution in [2.75, 3.05) is 13.2 Å². The highest BCUT2D eigenvalue weighted by Gasteiger charge is 2.37. The van der Waals surface area contributed by atoms with Crippen molar-refractivity contribution in [3.8, 4) is 5.75 Å². The van der Waals surface area contributed by atoms with Gasteiger partial charge in [0.1, 0.15) is 5.75 Å². The van der Waals surface area contributed by atoms with E-state index in [0.29, 0.717) is 18.0 Å². The summed E-state index contributed by atoms with van der Waals surface area (Å²) in [5.41, 5.74) is 6.29. The first-order chi connectivity index (χ1) is 9.55. The summed E-state index contributed by atoms with van der Waals surface area (Å²) in [6.45, 7) is 0.972. The number of fused-ring (bicyclic) bond motifs is 1. The number of halogens is 1. The standard InChI is InChI=1S/C14H20N2O3S.ClH/c15-10-14(6-1-2-7-14)16-20(17,18)12-3-4-13-11(9-12)5-8-19-13;/h3-4,9,16H,1-2,5-8,10,15H2;1H. The lowest BCUT2D eigenvalue weighted by molar-refractivity contribution is 0.356.